The van der Waals surface area contributed by atoms with E-state index in [0.717, 1.165) is 36.5 Å². The van der Waals surface area contributed by atoms with E-state index in [2.05, 4.69) is 29.5 Å². The fourth-order valence-electron chi connectivity index (χ4n) is 2.57. The molecule has 106 valence electrons. The summed E-state index contributed by atoms with van der Waals surface area (Å²) >= 11 is 1.66. The van der Waals surface area contributed by atoms with E-state index in [1.165, 1.54) is 0 Å². The second-order valence-electron chi connectivity index (χ2n) is 5.90. The number of carbonyl (C=O) groups is 1. The van der Waals surface area contributed by atoms with Crippen LogP contribution in [0, 0.1) is 12.3 Å². The van der Waals surface area contributed by atoms with Gasteiger partial charge in [0.25, 0.3) is 0 Å². The highest BCUT2D eigenvalue weighted by molar-refractivity contribution is 7.09. The van der Waals surface area contributed by atoms with Crippen LogP contribution in [0.15, 0.2) is 5.38 Å². The van der Waals surface area contributed by atoms with Crippen molar-refractivity contribution in [3.63, 3.8) is 0 Å². The largest absolute Gasteiger partial charge is 0.354 e. The molecule has 2 N–H and O–H groups in total. The Bertz CT molecular complexity index is 442. The Labute approximate surface area is 119 Å². The summed E-state index contributed by atoms with van der Waals surface area (Å²) in [5.41, 5.74) is 1.10. The van der Waals surface area contributed by atoms with E-state index in [-0.39, 0.29) is 17.4 Å². The minimum atomic E-state index is -0.0701. The summed E-state index contributed by atoms with van der Waals surface area (Å²) < 4.78 is 0. The van der Waals surface area contributed by atoms with Gasteiger partial charge in [-0.25, -0.2) is 4.98 Å². The zero-order valence-electron chi connectivity index (χ0n) is 12.0. The minimum Gasteiger partial charge on any atom is -0.354 e. The lowest BCUT2D eigenvalue weighted by Crippen LogP contribution is -2.55. The van der Waals surface area contributed by atoms with Crippen LogP contribution >= 0.6 is 11.3 Å². The van der Waals surface area contributed by atoms with Crippen LogP contribution in [0.2, 0.25) is 0 Å². The van der Waals surface area contributed by atoms with Crippen molar-refractivity contribution < 1.29 is 4.79 Å². The average molecular weight is 281 g/mol. The van der Waals surface area contributed by atoms with E-state index in [4.69, 9.17) is 0 Å². The maximum atomic E-state index is 12.2. The lowest BCUT2D eigenvalue weighted by Gasteiger charge is -2.38. The fraction of sp³-hybridized carbons (Fsp3) is 0.714. The van der Waals surface area contributed by atoms with Crippen LogP contribution in [-0.2, 0) is 11.2 Å². The molecule has 4 nitrogen and oxygen atoms in total. The summed E-state index contributed by atoms with van der Waals surface area (Å²) in [6.07, 6.45) is 3.07. The molecule has 0 radical (unpaired) electrons. The number of nitrogens with zero attached hydrogens (tertiary/aromatic N) is 1. The molecule has 2 rings (SSSR count). The molecule has 1 atom stereocenters. The smallest absolute Gasteiger partial charge is 0.237 e. The molecule has 0 aromatic carbocycles. The molecule has 0 bridgehead atoms. The topological polar surface area (TPSA) is 54.0 Å². The number of piperidine rings is 1. The van der Waals surface area contributed by atoms with E-state index >= 15 is 0 Å². The van der Waals surface area contributed by atoms with Gasteiger partial charge in [-0.2, -0.15) is 0 Å². The van der Waals surface area contributed by atoms with Crippen LogP contribution in [0.25, 0.3) is 0 Å². The molecule has 2 heterocycles. The van der Waals surface area contributed by atoms with Crippen LogP contribution in [0.1, 0.15) is 37.4 Å². The molecule has 1 unspecified atom stereocenters. The summed E-state index contributed by atoms with van der Waals surface area (Å²) in [6, 6.07) is -0.0701. The van der Waals surface area contributed by atoms with E-state index < -0.39 is 0 Å². The lowest BCUT2D eigenvalue weighted by molar-refractivity contribution is -0.126. The van der Waals surface area contributed by atoms with Gasteiger partial charge in [0.05, 0.1) is 11.0 Å². The lowest BCUT2D eigenvalue weighted by atomic mass is 9.77. The van der Waals surface area contributed by atoms with Gasteiger partial charge in [0.15, 0.2) is 0 Å². The molecule has 1 aliphatic heterocycles. The molecule has 5 heteroatoms. The summed E-state index contributed by atoms with van der Waals surface area (Å²) in [6.45, 7) is 7.92. The van der Waals surface area contributed by atoms with Gasteiger partial charge < -0.3 is 10.6 Å². The average Bonchev–Trinajstić information content (AvgIpc) is 2.74. The number of hydrogen-bond donors (Lipinski definition) is 2. The van der Waals surface area contributed by atoms with Crippen LogP contribution < -0.4 is 10.6 Å². The van der Waals surface area contributed by atoms with E-state index in [1.807, 2.05) is 12.3 Å². The molecule has 0 spiro atoms. The first kappa shape index (κ1) is 14.5. The standard InChI is InChI=1S/C14H23N3OS/c1-10-9-19-11(17-10)5-8-16-13(18)12-14(2,3)6-4-7-15-12/h9,12,15H,4-8H2,1-3H3,(H,16,18). The maximum Gasteiger partial charge on any atom is 0.237 e. The van der Waals surface area contributed by atoms with Crippen LogP contribution in [0.4, 0.5) is 0 Å². The molecule has 1 aliphatic rings. The van der Waals surface area contributed by atoms with E-state index in [9.17, 15) is 4.79 Å². The van der Waals surface area contributed by atoms with Crippen molar-refractivity contribution in [1.82, 2.24) is 15.6 Å². The van der Waals surface area contributed by atoms with Crippen molar-refractivity contribution in [2.24, 2.45) is 5.41 Å². The summed E-state index contributed by atoms with van der Waals surface area (Å²) in [7, 11) is 0. The number of rotatable bonds is 4. The van der Waals surface area contributed by atoms with Gasteiger partial charge in [-0.15, -0.1) is 11.3 Å². The Morgan fingerprint density at radius 3 is 3.05 bits per heavy atom. The quantitative estimate of drug-likeness (QED) is 0.886. The fourth-order valence-corrected chi connectivity index (χ4v) is 3.35. The SMILES string of the molecule is Cc1csc(CCNC(=O)C2NCCCC2(C)C)n1. The first-order valence-corrected chi connectivity index (χ1v) is 7.79. The number of thiazole rings is 1. The van der Waals surface area contributed by atoms with Gasteiger partial charge in [0.2, 0.25) is 5.91 Å². The number of hydrogen-bond acceptors (Lipinski definition) is 4. The molecule has 1 aromatic heterocycles. The zero-order valence-corrected chi connectivity index (χ0v) is 12.8. The second kappa shape index (κ2) is 6.01. The highest BCUT2D eigenvalue weighted by Gasteiger charge is 2.36. The van der Waals surface area contributed by atoms with Crippen molar-refractivity contribution in [3.8, 4) is 0 Å². The number of aryl methyl sites for hydroxylation is 1. The van der Waals surface area contributed by atoms with Crippen molar-refractivity contribution in [2.45, 2.75) is 46.1 Å². The third-order valence-corrected chi connectivity index (χ3v) is 4.72. The minimum absolute atomic E-state index is 0.0418. The molecule has 1 aromatic rings. The van der Waals surface area contributed by atoms with Crippen molar-refractivity contribution in [2.75, 3.05) is 13.1 Å². The third-order valence-electron chi connectivity index (χ3n) is 3.69. The zero-order chi connectivity index (χ0) is 13.9. The Morgan fingerprint density at radius 2 is 2.42 bits per heavy atom. The van der Waals surface area contributed by atoms with Crippen LogP contribution in [0.3, 0.4) is 0 Å². The highest BCUT2D eigenvalue weighted by Crippen LogP contribution is 2.30. The first-order chi connectivity index (χ1) is 8.99. The van der Waals surface area contributed by atoms with Gasteiger partial charge in [-0.3, -0.25) is 4.79 Å². The van der Waals surface area contributed by atoms with Gasteiger partial charge in [-0.05, 0) is 31.7 Å². The monoisotopic (exact) mass is 281 g/mol. The Balaban J connectivity index is 1.80. The van der Waals surface area contributed by atoms with Gasteiger partial charge >= 0.3 is 0 Å². The third kappa shape index (κ3) is 3.76. The molecule has 19 heavy (non-hydrogen) atoms. The maximum absolute atomic E-state index is 12.2. The Hall–Kier alpha value is -0.940. The number of carbonyl (C=O) groups excluding carboxylic acids is 1. The normalized spacial score (nSPS) is 22.2. The predicted molar refractivity (Wildman–Crippen MR) is 78.4 cm³/mol. The van der Waals surface area contributed by atoms with Crippen molar-refractivity contribution >= 4 is 17.2 Å². The number of amides is 1. The second-order valence-corrected chi connectivity index (χ2v) is 6.85. The predicted octanol–water partition coefficient (Wildman–Crippen LogP) is 1.89. The van der Waals surface area contributed by atoms with Crippen molar-refractivity contribution in [1.29, 1.82) is 0 Å². The van der Waals surface area contributed by atoms with E-state index in [0.29, 0.717) is 6.54 Å². The first-order valence-electron chi connectivity index (χ1n) is 6.91. The summed E-state index contributed by atoms with van der Waals surface area (Å²) in [5, 5.41) is 9.50. The molecule has 1 fully saturated rings. The molecule has 0 aliphatic carbocycles. The number of nitrogens with one attached hydrogen (secondary N) is 2. The van der Waals surface area contributed by atoms with Crippen LogP contribution in [0.5, 0.6) is 0 Å². The van der Waals surface area contributed by atoms with Gasteiger partial charge in [0.1, 0.15) is 0 Å². The van der Waals surface area contributed by atoms with Gasteiger partial charge in [0, 0.05) is 24.0 Å². The molecule has 0 saturated carbocycles. The van der Waals surface area contributed by atoms with Crippen molar-refractivity contribution in [3.05, 3.63) is 16.1 Å². The summed E-state index contributed by atoms with van der Waals surface area (Å²) in [4.78, 5) is 16.6. The Kier molecular flexibility index (Phi) is 4.58. The highest BCUT2D eigenvalue weighted by atomic mass is 32.1. The molecule has 1 amide bonds. The Morgan fingerprint density at radius 1 is 1.63 bits per heavy atom. The summed E-state index contributed by atoms with van der Waals surface area (Å²) in [5.74, 6) is 0.123. The van der Waals surface area contributed by atoms with Gasteiger partial charge in [-0.1, -0.05) is 13.8 Å². The molecular formula is C14H23N3OS. The number of aromatic nitrogens is 1. The van der Waals surface area contributed by atoms with E-state index in [1.54, 1.807) is 11.3 Å². The van der Waals surface area contributed by atoms with Crippen LogP contribution in [-0.4, -0.2) is 30.0 Å². The molecular weight excluding hydrogens is 258 g/mol. The molecule has 1 saturated heterocycles.